The van der Waals surface area contributed by atoms with Gasteiger partial charge in [-0.15, -0.1) is 0 Å². The van der Waals surface area contributed by atoms with Crippen LogP contribution in [0.1, 0.15) is 24.3 Å². The molecule has 0 fully saturated rings. The van der Waals surface area contributed by atoms with Gasteiger partial charge >= 0.3 is 0 Å². The number of rotatable bonds is 8. The largest absolute Gasteiger partial charge is 0.491 e. The maximum Gasteiger partial charge on any atom is 0.220 e. The Morgan fingerprint density at radius 3 is 2.80 bits per heavy atom. The predicted molar refractivity (Wildman–Crippen MR) is 96.6 cm³/mol. The van der Waals surface area contributed by atoms with Gasteiger partial charge < -0.3 is 14.5 Å². The van der Waals surface area contributed by atoms with Crippen molar-refractivity contribution < 1.29 is 13.9 Å². The van der Waals surface area contributed by atoms with E-state index in [2.05, 4.69) is 10.3 Å². The van der Waals surface area contributed by atoms with E-state index in [0.717, 1.165) is 22.4 Å². The summed E-state index contributed by atoms with van der Waals surface area (Å²) in [6.45, 7) is 2.96. The third kappa shape index (κ3) is 4.83. The highest BCUT2D eigenvalue weighted by Gasteiger charge is 2.07. The van der Waals surface area contributed by atoms with Crippen LogP contribution in [0.4, 0.5) is 0 Å². The monoisotopic (exact) mass is 338 g/mol. The molecule has 1 heterocycles. The zero-order valence-electron chi connectivity index (χ0n) is 14.3. The van der Waals surface area contributed by atoms with Gasteiger partial charge in [0.2, 0.25) is 5.91 Å². The molecular weight excluding hydrogens is 316 g/mol. The van der Waals surface area contributed by atoms with E-state index in [1.54, 1.807) is 0 Å². The first kappa shape index (κ1) is 17.0. The Morgan fingerprint density at radius 1 is 1.16 bits per heavy atom. The fourth-order valence-corrected chi connectivity index (χ4v) is 2.59. The molecule has 0 saturated carbocycles. The average molecular weight is 338 g/mol. The number of amides is 1. The number of oxazole rings is 1. The molecule has 0 aliphatic heterocycles. The van der Waals surface area contributed by atoms with Crippen molar-refractivity contribution in [3.63, 3.8) is 0 Å². The first-order chi connectivity index (χ1) is 12.2. The molecule has 5 heteroatoms. The van der Waals surface area contributed by atoms with Gasteiger partial charge in [0.25, 0.3) is 0 Å². The SMILES string of the molecule is Cc1ccccc1OCCNC(=O)CCCc1nc2ccccc2o1. The number of carbonyl (C=O) groups excluding carboxylic acids is 1. The molecule has 3 aromatic rings. The number of fused-ring (bicyclic) bond motifs is 1. The third-order valence-corrected chi connectivity index (χ3v) is 3.91. The smallest absolute Gasteiger partial charge is 0.220 e. The van der Waals surface area contributed by atoms with Crippen molar-refractivity contribution in [3.8, 4) is 5.75 Å². The summed E-state index contributed by atoms with van der Waals surface area (Å²) in [6.07, 6.45) is 1.81. The van der Waals surface area contributed by atoms with E-state index >= 15 is 0 Å². The molecule has 2 aromatic carbocycles. The lowest BCUT2D eigenvalue weighted by Gasteiger charge is -2.09. The molecule has 0 spiro atoms. The standard InChI is InChI=1S/C20H22N2O3/c1-15-7-2-4-9-17(15)24-14-13-21-19(23)11-6-12-20-22-16-8-3-5-10-18(16)25-20/h2-5,7-10H,6,11-14H2,1H3,(H,21,23). The Morgan fingerprint density at radius 2 is 1.96 bits per heavy atom. The van der Waals surface area contributed by atoms with E-state index in [0.29, 0.717) is 38.3 Å². The number of aromatic nitrogens is 1. The zero-order valence-corrected chi connectivity index (χ0v) is 14.3. The molecule has 3 rings (SSSR count). The summed E-state index contributed by atoms with van der Waals surface area (Å²) in [6, 6.07) is 15.5. The van der Waals surface area contributed by atoms with E-state index in [-0.39, 0.29) is 5.91 Å². The minimum Gasteiger partial charge on any atom is -0.491 e. The van der Waals surface area contributed by atoms with Crippen LogP contribution in [-0.2, 0) is 11.2 Å². The molecule has 130 valence electrons. The number of hydrogen-bond donors (Lipinski definition) is 1. The summed E-state index contributed by atoms with van der Waals surface area (Å²) < 4.78 is 11.3. The molecule has 25 heavy (non-hydrogen) atoms. The summed E-state index contributed by atoms with van der Waals surface area (Å²) >= 11 is 0. The molecule has 0 saturated heterocycles. The van der Waals surface area contributed by atoms with Gasteiger partial charge in [0.05, 0.1) is 6.54 Å². The lowest BCUT2D eigenvalue weighted by atomic mass is 10.2. The van der Waals surface area contributed by atoms with Crippen molar-refractivity contribution in [1.29, 1.82) is 0 Å². The highest BCUT2D eigenvalue weighted by atomic mass is 16.5. The van der Waals surface area contributed by atoms with Gasteiger partial charge in [-0.25, -0.2) is 4.98 Å². The second kappa shape index (κ2) is 8.33. The molecule has 0 atom stereocenters. The van der Waals surface area contributed by atoms with Gasteiger partial charge in [-0.2, -0.15) is 0 Å². The maximum atomic E-state index is 11.9. The van der Waals surface area contributed by atoms with Gasteiger partial charge in [0.1, 0.15) is 17.9 Å². The molecule has 0 aliphatic rings. The van der Waals surface area contributed by atoms with Crippen LogP contribution in [0.25, 0.3) is 11.1 Å². The summed E-state index contributed by atoms with van der Waals surface area (Å²) in [5.41, 5.74) is 2.73. The van der Waals surface area contributed by atoms with Crippen molar-refractivity contribution in [1.82, 2.24) is 10.3 Å². The molecule has 0 aliphatic carbocycles. The van der Waals surface area contributed by atoms with Crippen molar-refractivity contribution in [2.45, 2.75) is 26.2 Å². The number of aryl methyl sites for hydroxylation is 2. The van der Waals surface area contributed by atoms with Crippen molar-refractivity contribution in [3.05, 3.63) is 60.0 Å². The molecule has 0 bridgehead atoms. The predicted octanol–water partition coefficient (Wildman–Crippen LogP) is 3.65. The minimum atomic E-state index is 0.0181. The van der Waals surface area contributed by atoms with Crippen LogP contribution < -0.4 is 10.1 Å². The van der Waals surface area contributed by atoms with Crippen LogP contribution in [0.5, 0.6) is 5.75 Å². The van der Waals surface area contributed by atoms with E-state index in [9.17, 15) is 4.79 Å². The number of nitrogens with zero attached hydrogens (tertiary/aromatic N) is 1. The molecule has 1 N–H and O–H groups in total. The van der Waals surface area contributed by atoms with Crippen LogP contribution in [0.2, 0.25) is 0 Å². The summed E-state index contributed by atoms with van der Waals surface area (Å²) in [5, 5.41) is 2.87. The summed E-state index contributed by atoms with van der Waals surface area (Å²) in [5.74, 6) is 1.55. The Bertz CT molecular complexity index is 809. The second-order valence-electron chi connectivity index (χ2n) is 5.89. The fraction of sp³-hybridized carbons (Fsp3) is 0.300. The lowest BCUT2D eigenvalue weighted by molar-refractivity contribution is -0.121. The van der Waals surface area contributed by atoms with Crippen LogP contribution in [0.15, 0.2) is 52.9 Å². The zero-order chi connectivity index (χ0) is 17.5. The fourth-order valence-electron chi connectivity index (χ4n) is 2.59. The normalized spacial score (nSPS) is 10.8. The lowest BCUT2D eigenvalue weighted by Crippen LogP contribution is -2.28. The van der Waals surface area contributed by atoms with Gasteiger partial charge in [-0.3, -0.25) is 4.79 Å². The Balaban J connectivity index is 1.33. The molecule has 0 unspecified atom stereocenters. The summed E-state index contributed by atoms with van der Waals surface area (Å²) in [7, 11) is 0. The Kier molecular flexibility index (Phi) is 5.67. The molecule has 5 nitrogen and oxygen atoms in total. The van der Waals surface area contributed by atoms with Crippen LogP contribution >= 0.6 is 0 Å². The van der Waals surface area contributed by atoms with Gasteiger partial charge in [0.15, 0.2) is 11.5 Å². The highest BCUT2D eigenvalue weighted by Crippen LogP contribution is 2.16. The van der Waals surface area contributed by atoms with E-state index < -0.39 is 0 Å². The molecule has 1 aromatic heterocycles. The summed E-state index contributed by atoms with van der Waals surface area (Å²) in [4.78, 5) is 16.3. The highest BCUT2D eigenvalue weighted by molar-refractivity contribution is 5.75. The van der Waals surface area contributed by atoms with Crippen LogP contribution in [-0.4, -0.2) is 24.0 Å². The van der Waals surface area contributed by atoms with Crippen molar-refractivity contribution in [2.75, 3.05) is 13.2 Å². The van der Waals surface area contributed by atoms with Gasteiger partial charge in [-0.05, 0) is 37.1 Å². The number of nitrogens with one attached hydrogen (secondary N) is 1. The number of ether oxygens (including phenoxy) is 1. The average Bonchev–Trinajstić information content (AvgIpc) is 3.03. The molecule has 0 radical (unpaired) electrons. The van der Waals surface area contributed by atoms with Crippen LogP contribution in [0, 0.1) is 6.92 Å². The van der Waals surface area contributed by atoms with E-state index in [1.165, 1.54) is 0 Å². The van der Waals surface area contributed by atoms with Crippen molar-refractivity contribution in [2.24, 2.45) is 0 Å². The second-order valence-corrected chi connectivity index (χ2v) is 5.89. The maximum absolute atomic E-state index is 11.9. The number of carbonyl (C=O) groups is 1. The quantitative estimate of drug-likeness (QED) is 0.637. The third-order valence-electron chi connectivity index (χ3n) is 3.91. The first-order valence-corrected chi connectivity index (χ1v) is 8.52. The van der Waals surface area contributed by atoms with Gasteiger partial charge in [-0.1, -0.05) is 30.3 Å². The first-order valence-electron chi connectivity index (χ1n) is 8.52. The molecular formula is C20H22N2O3. The van der Waals surface area contributed by atoms with E-state index in [4.69, 9.17) is 9.15 Å². The number of hydrogen-bond acceptors (Lipinski definition) is 4. The van der Waals surface area contributed by atoms with Crippen LogP contribution in [0.3, 0.4) is 0 Å². The number of para-hydroxylation sites is 3. The van der Waals surface area contributed by atoms with E-state index in [1.807, 2.05) is 55.5 Å². The molecule has 1 amide bonds. The Hall–Kier alpha value is -2.82. The topological polar surface area (TPSA) is 64.4 Å². The minimum absolute atomic E-state index is 0.0181. The Labute approximate surface area is 147 Å². The van der Waals surface area contributed by atoms with Crippen molar-refractivity contribution >= 4 is 17.0 Å². The van der Waals surface area contributed by atoms with Gasteiger partial charge in [0, 0.05) is 12.8 Å². The number of benzene rings is 2.